The van der Waals surface area contributed by atoms with Crippen LogP contribution in [0.15, 0.2) is 64.1 Å². The maximum Gasteiger partial charge on any atom is 0.471 e. The second-order valence-corrected chi connectivity index (χ2v) is 9.04. The van der Waals surface area contributed by atoms with Gasteiger partial charge in [-0.3, -0.25) is 14.6 Å². The summed E-state index contributed by atoms with van der Waals surface area (Å²) in [7, 11) is 0. The summed E-state index contributed by atoms with van der Waals surface area (Å²) in [6.07, 6.45) is -2.57. The summed E-state index contributed by atoms with van der Waals surface area (Å²) in [5.74, 6) is -1.52. The Morgan fingerprint density at radius 2 is 1.97 bits per heavy atom. The van der Waals surface area contributed by atoms with Crippen LogP contribution in [0.3, 0.4) is 0 Å². The number of hydrogen-bond donors (Lipinski definition) is 1. The van der Waals surface area contributed by atoms with Gasteiger partial charge in [-0.25, -0.2) is 0 Å². The summed E-state index contributed by atoms with van der Waals surface area (Å²) in [6.45, 7) is -0.0813. The average Bonchev–Trinajstić information content (AvgIpc) is 2.83. The lowest BCUT2D eigenvalue weighted by Crippen LogP contribution is -2.43. The van der Waals surface area contributed by atoms with Crippen LogP contribution in [0, 0.1) is 0 Å². The molecule has 0 bridgehead atoms. The van der Waals surface area contributed by atoms with Crippen molar-refractivity contribution < 1.29 is 27.8 Å². The van der Waals surface area contributed by atoms with Crippen molar-refractivity contribution >= 4 is 21.8 Å². The topological polar surface area (TPSA) is 84.7 Å². The molecule has 1 atom stereocenters. The van der Waals surface area contributed by atoms with Crippen LogP contribution in [-0.4, -0.2) is 38.2 Å². The van der Waals surface area contributed by atoms with Gasteiger partial charge in [0.05, 0.1) is 18.3 Å². The second-order valence-electron chi connectivity index (χ2n) is 8.13. The predicted octanol–water partition coefficient (Wildman–Crippen LogP) is 3.77. The predicted molar refractivity (Wildman–Crippen MR) is 124 cm³/mol. The number of hydrogen-bond acceptors (Lipinski definition) is 5. The lowest BCUT2D eigenvalue weighted by Gasteiger charge is -2.30. The molecule has 1 unspecified atom stereocenters. The Balaban J connectivity index is 1.41. The fourth-order valence-electron chi connectivity index (χ4n) is 3.81. The molecule has 0 spiro atoms. The summed E-state index contributed by atoms with van der Waals surface area (Å²) in [6, 6.07) is 11.5. The van der Waals surface area contributed by atoms with E-state index in [2.05, 4.69) is 20.9 Å². The Morgan fingerprint density at radius 1 is 1.17 bits per heavy atom. The van der Waals surface area contributed by atoms with Gasteiger partial charge in [0.1, 0.15) is 12.4 Å². The second kappa shape index (κ2) is 10.2. The molecule has 0 aliphatic carbocycles. The molecule has 7 nitrogen and oxygen atoms in total. The molecule has 0 saturated heterocycles. The van der Waals surface area contributed by atoms with Crippen LogP contribution in [0.25, 0.3) is 0 Å². The van der Waals surface area contributed by atoms with Gasteiger partial charge in [-0.05, 0) is 57.2 Å². The maximum absolute atomic E-state index is 12.8. The van der Waals surface area contributed by atoms with Crippen molar-refractivity contribution in [3.63, 3.8) is 0 Å². The third kappa shape index (κ3) is 6.09. The zero-order valence-corrected chi connectivity index (χ0v) is 19.9. The summed E-state index contributed by atoms with van der Waals surface area (Å²) in [5, 5.41) is 10.7. The van der Waals surface area contributed by atoms with Crippen molar-refractivity contribution in [1.82, 2.24) is 14.5 Å². The SMILES string of the molecule is O=C(N1CCc2ccc(C(O)Cn3ccc(OCc4ccc(Br)cn4)cc3=O)cc2C1)C(F)(F)F. The van der Waals surface area contributed by atoms with Gasteiger partial charge in [0, 0.05) is 36.0 Å². The molecular formula is C24H21BrF3N3O4. The van der Waals surface area contributed by atoms with E-state index in [1.165, 1.54) is 16.8 Å². The molecule has 3 aromatic rings. The highest BCUT2D eigenvalue weighted by molar-refractivity contribution is 9.10. The maximum atomic E-state index is 12.8. The number of amides is 1. The first-order valence-electron chi connectivity index (χ1n) is 10.7. The van der Waals surface area contributed by atoms with Crippen molar-refractivity contribution in [3.05, 3.63) is 92.1 Å². The van der Waals surface area contributed by atoms with E-state index >= 15 is 0 Å². The van der Waals surface area contributed by atoms with E-state index in [-0.39, 0.29) is 31.8 Å². The van der Waals surface area contributed by atoms with Gasteiger partial charge in [0.15, 0.2) is 0 Å². The van der Waals surface area contributed by atoms with Crippen molar-refractivity contribution in [2.24, 2.45) is 0 Å². The Bertz CT molecular complexity index is 1280. The van der Waals surface area contributed by atoms with E-state index in [1.807, 2.05) is 6.07 Å². The number of nitrogens with zero attached hydrogens (tertiary/aromatic N) is 3. The van der Waals surface area contributed by atoms with Gasteiger partial charge in [-0.15, -0.1) is 0 Å². The van der Waals surface area contributed by atoms with E-state index in [0.29, 0.717) is 29.0 Å². The van der Waals surface area contributed by atoms with E-state index in [4.69, 9.17) is 4.74 Å². The molecule has 1 aliphatic rings. The third-order valence-corrected chi connectivity index (χ3v) is 6.14. The molecule has 11 heteroatoms. The molecule has 184 valence electrons. The van der Waals surface area contributed by atoms with Crippen LogP contribution in [-0.2, 0) is 30.9 Å². The summed E-state index contributed by atoms with van der Waals surface area (Å²) < 4.78 is 46.2. The molecule has 1 N–H and O–H groups in total. The van der Waals surface area contributed by atoms with Crippen LogP contribution in [0.1, 0.15) is 28.5 Å². The molecule has 0 radical (unpaired) electrons. The zero-order valence-electron chi connectivity index (χ0n) is 18.3. The van der Waals surface area contributed by atoms with Crippen LogP contribution < -0.4 is 10.3 Å². The van der Waals surface area contributed by atoms with Gasteiger partial charge in [0.25, 0.3) is 5.56 Å². The third-order valence-electron chi connectivity index (χ3n) is 5.67. The Labute approximate surface area is 206 Å². The highest BCUT2D eigenvalue weighted by Gasteiger charge is 2.43. The highest BCUT2D eigenvalue weighted by Crippen LogP contribution is 2.27. The number of ether oxygens (including phenoxy) is 1. The molecule has 35 heavy (non-hydrogen) atoms. The van der Waals surface area contributed by atoms with Crippen LogP contribution in [0.4, 0.5) is 13.2 Å². The van der Waals surface area contributed by atoms with Crippen molar-refractivity contribution in [3.8, 4) is 5.75 Å². The number of carbonyl (C=O) groups excluding carboxylic acids is 1. The molecule has 0 fully saturated rings. The number of halogens is 4. The van der Waals surface area contributed by atoms with Gasteiger partial charge in [-0.2, -0.15) is 13.2 Å². The molecule has 1 amide bonds. The fraction of sp³-hybridized carbons (Fsp3) is 0.292. The van der Waals surface area contributed by atoms with E-state index < -0.39 is 18.2 Å². The first-order valence-corrected chi connectivity index (χ1v) is 11.5. The molecule has 4 rings (SSSR count). The molecule has 3 heterocycles. The number of alkyl halides is 3. The number of carbonyl (C=O) groups is 1. The Kier molecular flexibility index (Phi) is 7.27. The first kappa shape index (κ1) is 24.9. The van der Waals surface area contributed by atoms with Crippen molar-refractivity contribution in [2.45, 2.75) is 38.4 Å². The monoisotopic (exact) mass is 551 g/mol. The number of benzene rings is 1. The molecule has 2 aromatic heterocycles. The normalized spacial score (nSPS) is 14.4. The van der Waals surface area contributed by atoms with Crippen LogP contribution in [0.2, 0.25) is 0 Å². The number of aliphatic hydroxyl groups excluding tert-OH is 1. The number of pyridine rings is 2. The Hall–Kier alpha value is -3.18. The van der Waals surface area contributed by atoms with E-state index in [0.717, 1.165) is 14.9 Å². The summed E-state index contributed by atoms with van der Waals surface area (Å²) in [5.41, 5.74) is 2.12. The number of aromatic nitrogens is 2. The van der Waals surface area contributed by atoms with Gasteiger partial charge in [0.2, 0.25) is 0 Å². The van der Waals surface area contributed by atoms with Crippen LogP contribution in [0.5, 0.6) is 5.75 Å². The smallest absolute Gasteiger partial charge is 0.471 e. The van der Waals surface area contributed by atoms with Gasteiger partial charge in [-0.1, -0.05) is 18.2 Å². The lowest BCUT2D eigenvalue weighted by atomic mass is 9.95. The summed E-state index contributed by atoms with van der Waals surface area (Å²) in [4.78, 5) is 29.1. The summed E-state index contributed by atoms with van der Waals surface area (Å²) >= 11 is 3.30. The van der Waals surface area contributed by atoms with Gasteiger partial charge < -0.3 is 19.3 Å². The first-order chi connectivity index (χ1) is 16.6. The standard InChI is InChI=1S/C24H21BrF3N3O4/c25-18-3-4-19(29-11-18)14-35-20-6-8-30(22(33)10-20)13-21(32)16-2-1-15-5-7-31(12-17(15)9-16)23(34)24(26,27)28/h1-4,6,8-11,21,32H,5,7,12-14H2. The van der Waals surface area contributed by atoms with Crippen LogP contribution >= 0.6 is 15.9 Å². The minimum atomic E-state index is -4.93. The highest BCUT2D eigenvalue weighted by atomic mass is 79.9. The molecule has 1 aliphatic heterocycles. The molecular weight excluding hydrogens is 531 g/mol. The minimum Gasteiger partial charge on any atom is -0.487 e. The van der Waals surface area contributed by atoms with E-state index in [1.54, 1.807) is 36.5 Å². The average molecular weight is 552 g/mol. The fourth-order valence-corrected chi connectivity index (χ4v) is 4.04. The minimum absolute atomic E-state index is 0.0189. The number of fused-ring (bicyclic) bond motifs is 1. The Morgan fingerprint density at radius 3 is 2.66 bits per heavy atom. The lowest BCUT2D eigenvalue weighted by molar-refractivity contribution is -0.186. The zero-order chi connectivity index (χ0) is 25.2. The largest absolute Gasteiger partial charge is 0.487 e. The molecule has 1 aromatic carbocycles. The van der Waals surface area contributed by atoms with Gasteiger partial charge >= 0.3 is 12.1 Å². The number of aliphatic hydroxyl groups is 1. The van der Waals surface area contributed by atoms with E-state index in [9.17, 15) is 27.9 Å². The van der Waals surface area contributed by atoms with Crippen molar-refractivity contribution in [2.75, 3.05) is 6.54 Å². The molecule has 0 saturated carbocycles. The quantitative estimate of drug-likeness (QED) is 0.504. The number of rotatable bonds is 6. The van der Waals surface area contributed by atoms with Crippen molar-refractivity contribution in [1.29, 1.82) is 0 Å².